The predicted molar refractivity (Wildman–Crippen MR) is 74.6 cm³/mol. The summed E-state index contributed by atoms with van der Waals surface area (Å²) in [5, 5.41) is 17.8. The third-order valence-electron chi connectivity index (χ3n) is 2.00. The lowest BCUT2D eigenvalue weighted by atomic mass is 10.1. The van der Waals surface area contributed by atoms with Gasteiger partial charge >= 0.3 is 12.0 Å². The van der Waals surface area contributed by atoms with Gasteiger partial charge in [-0.1, -0.05) is 0 Å². The number of urea groups is 1. The van der Waals surface area contributed by atoms with E-state index in [1.54, 1.807) is 0 Å². The number of amides is 4. The zero-order valence-electron chi connectivity index (χ0n) is 12.4. The van der Waals surface area contributed by atoms with Crippen LogP contribution in [0.2, 0.25) is 0 Å². The Morgan fingerprint density at radius 3 is 2.05 bits per heavy atom. The second-order valence-corrected chi connectivity index (χ2v) is 5.33. The summed E-state index contributed by atoms with van der Waals surface area (Å²) in [6.07, 6.45) is 0.121. The molecule has 0 aliphatic carbocycles. The van der Waals surface area contributed by atoms with Gasteiger partial charge in [0, 0.05) is 18.5 Å². The van der Waals surface area contributed by atoms with Gasteiger partial charge in [-0.15, -0.1) is 0 Å². The van der Waals surface area contributed by atoms with Gasteiger partial charge in [0.1, 0.15) is 6.54 Å². The van der Waals surface area contributed by atoms with Gasteiger partial charge in [-0.05, 0) is 20.8 Å². The highest BCUT2D eigenvalue weighted by atomic mass is 16.4. The van der Waals surface area contributed by atoms with E-state index in [2.05, 4.69) is 21.3 Å². The predicted octanol–water partition coefficient (Wildman–Crippen LogP) is -1.21. The quantitative estimate of drug-likeness (QED) is 0.402. The third kappa shape index (κ3) is 12.5. The first-order valence-corrected chi connectivity index (χ1v) is 6.41. The standard InChI is InChI=1S/C12H22N4O5/c1-12(2,3)16-8(17)4-5-13-11(21)15-6-9(18)14-7-10(19)20/h4-7H2,1-3H3,(H,14,18)(H,16,17)(H,19,20)(H2,13,15,21). The molecular formula is C12H22N4O5. The normalized spacial score (nSPS) is 10.4. The van der Waals surface area contributed by atoms with Gasteiger partial charge in [0.15, 0.2) is 0 Å². The molecule has 0 rings (SSSR count). The maximum atomic E-state index is 11.5. The van der Waals surface area contributed by atoms with E-state index in [1.807, 2.05) is 20.8 Å². The molecule has 0 spiro atoms. The molecule has 21 heavy (non-hydrogen) atoms. The molecule has 120 valence electrons. The summed E-state index contributed by atoms with van der Waals surface area (Å²) >= 11 is 0. The number of carboxylic acid groups (broad SMARTS) is 1. The molecule has 0 unspecified atom stereocenters. The zero-order valence-corrected chi connectivity index (χ0v) is 12.4. The Bertz CT molecular complexity index is 403. The van der Waals surface area contributed by atoms with Gasteiger partial charge in [0.2, 0.25) is 11.8 Å². The van der Waals surface area contributed by atoms with Crippen molar-refractivity contribution >= 4 is 23.8 Å². The van der Waals surface area contributed by atoms with E-state index in [-0.39, 0.29) is 31.0 Å². The number of rotatable bonds is 7. The minimum atomic E-state index is -1.17. The monoisotopic (exact) mass is 302 g/mol. The fraction of sp³-hybridized carbons (Fsp3) is 0.667. The van der Waals surface area contributed by atoms with Crippen LogP contribution in [0.4, 0.5) is 4.79 Å². The highest BCUT2D eigenvalue weighted by Crippen LogP contribution is 1.98. The van der Waals surface area contributed by atoms with Crippen LogP contribution >= 0.6 is 0 Å². The van der Waals surface area contributed by atoms with Gasteiger partial charge in [-0.25, -0.2) is 4.79 Å². The van der Waals surface area contributed by atoms with Crippen molar-refractivity contribution in [2.45, 2.75) is 32.7 Å². The van der Waals surface area contributed by atoms with E-state index >= 15 is 0 Å². The highest BCUT2D eigenvalue weighted by molar-refractivity contribution is 5.86. The number of carbonyl (C=O) groups excluding carboxylic acids is 3. The van der Waals surface area contributed by atoms with Gasteiger partial charge < -0.3 is 26.4 Å². The summed E-state index contributed by atoms with van der Waals surface area (Å²) in [4.78, 5) is 44.1. The molecule has 0 aliphatic rings. The van der Waals surface area contributed by atoms with Crippen LogP contribution in [0.15, 0.2) is 0 Å². The number of carbonyl (C=O) groups is 4. The van der Waals surface area contributed by atoms with Crippen LogP contribution in [0.25, 0.3) is 0 Å². The van der Waals surface area contributed by atoms with Gasteiger partial charge in [0.05, 0.1) is 6.54 Å². The summed E-state index contributed by atoms with van der Waals surface area (Å²) in [5.41, 5.74) is -0.332. The lowest BCUT2D eigenvalue weighted by Crippen LogP contribution is -2.45. The van der Waals surface area contributed by atoms with Crippen LogP contribution in [-0.4, -0.2) is 54.1 Å². The minimum Gasteiger partial charge on any atom is -0.480 e. The molecule has 0 aliphatic heterocycles. The van der Waals surface area contributed by atoms with Crippen molar-refractivity contribution in [2.24, 2.45) is 0 Å². The molecule has 0 radical (unpaired) electrons. The first-order valence-electron chi connectivity index (χ1n) is 6.41. The second kappa shape index (κ2) is 8.77. The zero-order chi connectivity index (χ0) is 16.5. The maximum Gasteiger partial charge on any atom is 0.322 e. The number of aliphatic carboxylic acids is 1. The fourth-order valence-corrected chi connectivity index (χ4v) is 1.23. The Labute approximate surface area is 122 Å². The van der Waals surface area contributed by atoms with Crippen molar-refractivity contribution in [3.8, 4) is 0 Å². The molecule has 5 N–H and O–H groups in total. The molecular weight excluding hydrogens is 280 g/mol. The molecule has 9 nitrogen and oxygen atoms in total. The molecule has 9 heteroatoms. The molecule has 0 saturated heterocycles. The molecule has 0 aromatic carbocycles. The molecule has 0 saturated carbocycles. The van der Waals surface area contributed by atoms with Crippen LogP contribution in [0.1, 0.15) is 27.2 Å². The van der Waals surface area contributed by atoms with Crippen LogP contribution in [0, 0.1) is 0 Å². The minimum absolute atomic E-state index is 0.121. The highest BCUT2D eigenvalue weighted by Gasteiger charge is 2.13. The smallest absolute Gasteiger partial charge is 0.322 e. The number of hydrogen-bond acceptors (Lipinski definition) is 4. The Kier molecular flexibility index (Phi) is 7.80. The Morgan fingerprint density at radius 2 is 1.52 bits per heavy atom. The van der Waals surface area contributed by atoms with E-state index in [0.29, 0.717) is 0 Å². The molecule has 0 aromatic heterocycles. The maximum absolute atomic E-state index is 11.5. The van der Waals surface area contributed by atoms with E-state index in [0.717, 1.165) is 0 Å². The van der Waals surface area contributed by atoms with Crippen molar-refractivity contribution < 1.29 is 24.3 Å². The average Bonchev–Trinajstić information content (AvgIpc) is 2.31. The summed E-state index contributed by atoms with van der Waals surface area (Å²) in [5.74, 6) is -1.97. The lowest BCUT2D eigenvalue weighted by Gasteiger charge is -2.20. The Balaban J connectivity index is 3.74. The second-order valence-electron chi connectivity index (χ2n) is 5.33. The first-order chi connectivity index (χ1) is 9.60. The SMILES string of the molecule is CC(C)(C)NC(=O)CCNC(=O)NCC(=O)NCC(=O)O. The van der Waals surface area contributed by atoms with Gasteiger partial charge in [-0.3, -0.25) is 14.4 Å². The summed E-state index contributed by atoms with van der Waals surface area (Å²) in [7, 11) is 0. The van der Waals surface area contributed by atoms with E-state index < -0.39 is 24.5 Å². The van der Waals surface area contributed by atoms with Gasteiger partial charge in [-0.2, -0.15) is 0 Å². The first kappa shape index (κ1) is 18.7. The van der Waals surface area contributed by atoms with Crippen molar-refractivity contribution in [1.82, 2.24) is 21.3 Å². The number of hydrogen-bond donors (Lipinski definition) is 5. The van der Waals surface area contributed by atoms with E-state index in [1.165, 1.54) is 0 Å². The molecule has 0 bridgehead atoms. The van der Waals surface area contributed by atoms with Crippen molar-refractivity contribution in [2.75, 3.05) is 19.6 Å². The summed E-state index contributed by atoms with van der Waals surface area (Å²) in [6, 6.07) is -0.607. The third-order valence-corrected chi connectivity index (χ3v) is 2.00. The van der Waals surface area contributed by atoms with Crippen LogP contribution in [0.5, 0.6) is 0 Å². The fourth-order valence-electron chi connectivity index (χ4n) is 1.23. The number of carboxylic acids is 1. The summed E-state index contributed by atoms with van der Waals surface area (Å²) < 4.78 is 0. The largest absolute Gasteiger partial charge is 0.480 e. The molecule has 0 heterocycles. The van der Waals surface area contributed by atoms with Crippen molar-refractivity contribution in [1.29, 1.82) is 0 Å². The molecule has 0 fully saturated rings. The summed E-state index contributed by atoms with van der Waals surface area (Å²) in [6.45, 7) is 4.83. The van der Waals surface area contributed by atoms with Crippen LogP contribution in [-0.2, 0) is 14.4 Å². The number of nitrogens with one attached hydrogen (secondary N) is 4. The van der Waals surface area contributed by atoms with Gasteiger partial charge in [0.25, 0.3) is 0 Å². The van der Waals surface area contributed by atoms with E-state index in [9.17, 15) is 19.2 Å². The van der Waals surface area contributed by atoms with Crippen molar-refractivity contribution in [3.05, 3.63) is 0 Å². The van der Waals surface area contributed by atoms with E-state index in [4.69, 9.17) is 5.11 Å². The lowest BCUT2D eigenvalue weighted by molar-refractivity contribution is -0.137. The molecule has 0 atom stereocenters. The topological polar surface area (TPSA) is 137 Å². The average molecular weight is 302 g/mol. The van der Waals surface area contributed by atoms with Crippen LogP contribution < -0.4 is 21.3 Å². The molecule has 0 aromatic rings. The Morgan fingerprint density at radius 1 is 0.905 bits per heavy atom. The molecule has 4 amide bonds. The Hall–Kier alpha value is -2.32. The van der Waals surface area contributed by atoms with Crippen LogP contribution in [0.3, 0.4) is 0 Å². The van der Waals surface area contributed by atoms with Crippen molar-refractivity contribution in [3.63, 3.8) is 0 Å².